The monoisotopic (exact) mass is 235 g/mol. The van der Waals surface area contributed by atoms with E-state index in [1.54, 1.807) is 0 Å². The lowest BCUT2D eigenvalue weighted by Gasteiger charge is -2.05. The molecule has 16 heavy (non-hydrogen) atoms. The predicted octanol–water partition coefficient (Wildman–Crippen LogP) is 1.20. The van der Waals surface area contributed by atoms with E-state index in [4.69, 9.17) is 5.73 Å². The molecule has 5 heteroatoms. The summed E-state index contributed by atoms with van der Waals surface area (Å²) in [6.07, 6.45) is 0.250. The second kappa shape index (κ2) is 5.97. The molecule has 0 atom stereocenters. The van der Waals surface area contributed by atoms with E-state index >= 15 is 0 Å². The van der Waals surface area contributed by atoms with Gasteiger partial charge < -0.3 is 5.73 Å². The third-order valence-corrected chi connectivity index (χ3v) is 1.92. The van der Waals surface area contributed by atoms with Crippen molar-refractivity contribution in [1.82, 2.24) is 5.43 Å². The zero-order valence-electron chi connectivity index (χ0n) is 8.93. The number of carbonyl (C=O) groups is 1. The lowest BCUT2D eigenvalue weighted by Crippen LogP contribution is -2.26. The van der Waals surface area contributed by atoms with Gasteiger partial charge in [-0.2, -0.15) is 5.10 Å². The number of nitrogens with two attached hydrogens (primary N) is 1. The van der Waals surface area contributed by atoms with Gasteiger partial charge in [0.05, 0.1) is 12.1 Å². The molecule has 0 bridgehead atoms. The number of hydrogen-bond acceptors (Lipinski definition) is 3. The van der Waals surface area contributed by atoms with Gasteiger partial charge in [-0.05, 0) is 24.7 Å². The predicted molar refractivity (Wildman–Crippen MR) is 68.2 cm³/mol. The van der Waals surface area contributed by atoms with Crippen molar-refractivity contribution in [2.45, 2.75) is 13.3 Å². The van der Waals surface area contributed by atoms with Crippen molar-refractivity contribution in [3.63, 3.8) is 0 Å². The molecule has 0 aliphatic heterocycles. The number of thiocarbonyl (C=S) groups is 1. The molecule has 0 fully saturated rings. The Labute approximate surface area is 99.5 Å². The maximum absolute atomic E-state index is 11.1. The molecule has 1 rings (SSSR count). The van der Waals surface area contributed by atoms with Gasteiger partial charge in [-0.15, -0.1) is 0 Å². The average Bonchev–Trinajstić information content (AvgIpc) is 2.25. The van der Waals surface area contributed by atoms with Gasteiger partial charge in [-0.1, -0.05) is 30.3 Å². The molecule has 0 aliphatic carbocycles. The summed E-state index contributed by atoms with van der Waals surface area (Å²) in [6.45, 7) is 1.51. The first-order valence-corrected chi connectivity index (χ1v) is 5.17. The third-order valence-electron chi connectivity index (χ3n) is 1.82. The average molecular weight is 235 g/mol. The van der Waals surface area contributed by atoms with E-state index in [1.165, 1.54) is 6.92 Å². The number of Topliss-reactive ketones (excluding diaryl/α,β-unsaturated/α-hetero) is 1. The van der Waals surface area contributed by atoms with E-state index in [2.05, 4.69) is 22.7 Å². The summed E-state index contributed by atoms with van der Waals surface area (Å²) < 4.78 is 0. The smallest absolute Gasteiger partial charge is 0.184 e. The van der Waals surface area contributed by atoms with E-state index in [-0.39, 0.29) is 17.3 Å². The SMILES string of the molecule is CC(=O)CC(=NNC(N)=S)c1ccccc1. The summed E-state index contributed by atoms with van der Waals surface area (Å²) in [5.41, 5.74) is 9.27. The first kappa shape index (κ1) is 12.3. The zero-order chi connectivity index (χ0) is 12.0. The fourth-order valence-electron chi connectivity index (χ4n) is 1.20. The zero-order valence-corrected chi connectivity index (χ0v) is 9.75. The maximum Gasteiger partial charge on any atom is 0.184 e. The molecule has 3 N–H and O–H groups in total. The standard InChI is InChI=1S/C11H13N3OS/c1-8(15)7-10(13-14-11(12)16)9-5-3-2-4-6-9/h2-6H,7H2,1H3,(H3,12,14,16). The lowest BCUT2D eigenvalue weighted by molar-refractivity contribution is -0.115. The number of hydrogen-bond donors (Lipinski definition) is 2. The molecule has 0 saturated carbocycles. The minimum atomic E-state index is 0.0346. The van der Waals surface area contributed by atoms with E-state index in [9.17, 15) is 4.79 Å². The quantitative estimate of drug-likeness (QED) is 0.467. The van der Waals surface area contributed by atoms with Crippen LogP contribution in [-0.2, 0) is 4.79 Å². The maximum atomic E-state index is 11.1. The molecule has 0 heterocycles. The van der Waals surface area contributed by atoms with Crippen LogP contribution in [0.5, 0.6) is 0 Å². The van der Waals surface area contributed by atoms with Crippen molar-refractivity contribution in [1.29, 1.82) is 0 Å². The summed E-state index contributed by atoms with van der Waals surface area (Å²) in [5.74, 6) is 0.0346. The molecule has 84 valence electrons. The number of carbonyl (C=O) groups excluding carboxylic acids is 1. The first-order valence-electron chi connectivity index (χ1n) is 4.76. The Morgan fingerprint density at radius 2 is 2.06 bits per heavy atom. The molecular weight excluding hydrogens is 222 g/mol. The van der Waals surface area contributed by atoms with E-state index in [1.807, 2.05) is 30.3 Å². The topological polar surface area (TPSA) is 67.5 Å². The Bertz CT molecular complexity index is 414. The van der Waals surface area contributed by atoms with E-state index in [0.29, 0.717) is 5.71 Å². The van der Waals surface area contributed by atoms with Crippen LogP contribution in [0.2, 0.25) is 0 Å². The summed E-state index contributed by atoms with van der Waals surface area (Å²) in [6, 6.07) is 9.42. The minimum absolute atomic E-state index is 0.0346. The fourth-order valence-corrected chi connectivity index (χ4v) is 1.24. The minimum Gasteiger partial charge on any atom is -0.375 e. The summed E-state index contributed by atoms with van der Waals surface area (Å²) in [7, 11) is 0. The van der Waals surface area contributed by atoms with Gasteiger partial charge in [0.1, 0.15) is 5.78 Å². The van der Waals surface area contributed by atoms with Gasteiger partial charge in [-0.3, -0.25) is 10.2 Å². The molecule has 0 unspecified atom stereocenters. The van der Waals surface area contributed by atoms with Gasteiger partial charge in [0, 0.05) is 0 Å². The molecule has 0 amide bonds. The Hall–Kier alpha value is -1.75. The van der Waals surface area contributed by atoms with Gasteiger partial charge >= 0.3 is 0 Å². The molecule has 1 aromatic carbocycles. The van der Waals surface area contributed by atoms with Gasteiger partial charge in [0.15, 0.2) is 5.11 Å². The second-order valence-electron chi connectivity index (χ2n) is 3.28. The van der Waals surface area contributed by atoms with Gasteiger partial charge in [-0.25, -0.2) is 0 Å². The number of nitrogens with one attached hydrogen (secondary N) is 1. The van der Waals surface area contributed by atoms with Gasteiger partial charge in [0.25, 0.3) is 0 Å². The van der Waals surface area contributed by atoms with Crippen molar-refractivity contribution in [2.75, 3.05) is 0 Å². The Morgan fingerprint density at radius 3 is 2.56 bits per heavy atom. The summed E-state index contributed by atoms with van der Waals surface area (Å²) in [5, 5.41) is 4.09. The molecule has 0 aromatic heterocycles. The molecule has 1 aromatic rings. The molecule has 4 nitrogen and oxygen atoms in total. The molecule has 0 saturated heterocycles. The Morgan fingerprint density at radius 1 is 1.44 bits per heavy atom. The number of rotatable bonds is 4. The largest absolute Gasteiger partial charge is 0.375 e. The summed E-state index contributed by atoms with van der Waals surface area (Å²) >= 11 is 4.65. The van der Waals surface area contributed by atoms with Crippen LogP contribution in [0.15, 0.2) is 35.4 Å². The Kier molecular flexibility index (Phi) is 4.60. The van der Waals surface area contributed by atoms with Crippen molar-refractivity contribution >= 4 is 28.8 Å². The fraction of sp³-hybridized carbons (Fsp3) is 0.182. The highest BCUT2D eigenvalue weighted by atomic mass is 32.1. The van der Waals surface area contributed by atoms with Crippen LogP contribution < -0.4 is 11.2 Å². The molecule has 0 aliphatic rings. The van der Waals surface area contributed by atoms with E-state index < -0.39 is 0 Å². The van der Waals surface area contributed by atoms with Crippen LogP contribution in [0.1, 0.15) is 18.9 Å². The Balaban J connectivity index is 2.91. The van der Waals surface area contributed by atoms with Crippen LogP contribution in [0.25, 0.3) is 0 Å². The third kappa shape index (κ3) is 4.18. The van der Waals surface area contributed by atoms with Crippen molar-refractivity contribution < 1.29 is 4.79 Å². The molecular formula is C11H13N3OS. The van der Waals surface area contributed by atoms with Crippen LogP contribution in [0.3, 0.4) is 0 Å². The van der Waals surface area contributed by atoms with E-state index in [0.717, 1.165) is 5.56 Å². The first-order chi connectivity index (χ1) is 7.59. The van der Waals surface area contributed by atoms with Gasteiger partial charge in [0.2, 0.25) is 0 Å². The van der Waals surface area contributed by atoms with Crippen molar-refractivity contribution in [3.05, 3.63) is 35.9 Å². The highest BCUT2D eigenvalue weighted by molar-refractivity contribution is 7.80. The number of benzene rings is 1. The molecule has 0 spiro atoms. The van der Waals surface area contributed by atoms with Crippen LogP contribution in [-0.4, -0.2) is 16.6 Å². The van der Waals surface area contributed by atoms with Crippen LogP contribution in [0.4, 0.5) is 0 Å². The van der Waals surface area contributed by atoms with Crippen LogP contribution >= 0.6 is 12.2 Å². The summed E-state index contributed by atoms with van der Waals surface area (Å²) in [4.78, 5) is 11.1. The highest BCUT2D eigenvalue weighted by Gasteiger charge is 2.06. The molecule has 0 radical (unpaired) electrons. The lowest BCUT2D eigenvalue weighted by atomic mass is 10.1. The second-order valence-corrected chi connectivity index (χ2v) is 3.72. The normalized spacial score (nSPS) is 10.9. The van der Waals surface area contributed by atoms with Crippen molar-refractivity contribution in [2.24, 2.45) is 10.8 Å². The number of ketones is 1. The number of nitrogens with zero attached hydrogens (tertiary/aromatic N) is 1. The highest BCUT2D eigenvalue weighted by Crippen LogP contribution is 2.04. The van der Waals surface area contributed by atoms with Crippen LogP contribution in [0, 0.1) is 0 Å². The number of hydrazone groups is 1. The van der Waals surface area contributed by atoms with Crippen molar-refractivity contribution in [3.8, 4) is 0 Å².